The van der Waals surface area contributed by atoms with Crippen molar-refractivity contribution in [2.24, 2.45) is 0 Å². The summed E-state index contributed by atoms with van der Waals surface area (Å²) in [5, 5.41) is 57.2. The highest BCUT2D eigenvalue weighted by Gasteiger charge is 2.17. The Kier molecular flexibility index (Phi) is 5.17. The van der Waals surface area contributed by atoms with Gasteiger partial charge in [0.05, 0.1) is 0 Å². The third-order valence-electron chi connectivity index (χ3n) is 3.35. The van der Waals surface area contributed by atoms with E-state index in [1.807, 2.05) is 0 Å². The lowest BCUT2D eigenvalue weighted by atomic mass is 9.97. The third-order valence-corrected chi connectivity index (χ3v) is 3.35. The van der Waals surface area contributed by atoms with E-state index in [1.165, 1.54) is 12.1 Å². The van der Waals surface area contributed by atoms with Crippen LogP contribution in [0, 0.1) is 0 Å². The van der Waals surface area contributed by atoms with Gasteiger partial charge < -0.3 is 30.6 Å². The average Bonchev–Trinajstić information content (AvgIpc) is 2.56. The fourth-order valence-corrected chi connectivity index (χ4v) is 2.22. The summed E-state index contributed by atoms with van der Waals surface area (Å²) in [6.45, 7) is 0. The number of aromatic hydroxyl groups is 4. The maximum Gasteiger partial charge on any atom is 0.328 e. The minimum atomic E-state index is -1.22. The number of hydrogen-bond acceptors (Lipinski definition) is 6. The topological polar surface area (TPSA) is 156 Å². The molecule has 26 heavy (non-hydrogen) atoms. The van der Waals surface area contributed by atoms with E-state index in [1.54, 1.807) is 0 Å². The van der Waals surface area contributed by atoms with Crippen molar-refractivity contribution in [3.63, 3.8) is 0 Å². The van der Waals surface area contributed by atoms with Crippen molar-refractivity contribution in [3.05, 3.63) is 47.5 Å². The van der Waals surface area contributed by atoms with E-state index >= 15 is 0 Å². The molecule has 0 bridgehead atoms. The number of rotatable bonds is 5. The molecular formula is C18H14O8. The van der Waals surface area contributed by atoms with Gasteiger partial charge in [-0.25, -0.2) is 9.59 Å². The second-order valence-corrected chi connectivity index (χ2v) is 5.22. The van der Waals surface area contributed by atoms with Crippen molar-refractivity contribution in [2.45, 2.75) is 0 Å². The molecule has 0 aliphatic heterocycles. The van der Waals surface area contributed by atoms with Crippen molar-refractivity contribution in [2.75, 3.05) is 0 Å². The SMILES string of the molecule is O=C(O)/C=C/c1cc(O)c(O)c(-c2cc(/C=C/C(=O)O)cc(O)c2O)c1. The molecule has 2 aromatic rings. The van der Waals surface area contributed by atoms with Gasteiger partial charge in [-0.3, -0.25) is 0 Å². The third kappa shape index (κ3) is 4.12. The Labute approximate surface area is 146 Å². The molecule has 0 spiro atoms. The number of aliphatic carboxylic acids is 2. The van der Waals surface area contributed by atoms with Crippen molar-refractivity contribution in [3.8, 4) is 34.1 Å². The maximum absolute atomic E-state index is 10.6. The lowest BCUT2D eigenvalue weighted by Gasteiger charge is -2.12. The van der Waals surface area contributed by atoms with E-state index in [9.17, 15) is 30.0 Å². The first kappa shape index (κ1) is 18.4. The molecule has 0 aliphatic carbocycles. The lowest BCUT2D eigenvalue weighted by molar-refractivity contribution is -0.132. The van der Waals surface area contributed by atoms with Gasteiger partial charge >= 0.3 is 11.9 Å². The lowest BCUT2D eigenvalue weighted by Crippen LogP contribution is -1.89. The van der Waals surface area contributed by atoms with Crippen LogP contribution in [0.5, 0.6) is 23.0 Å². The molecule has 0 fully saturated rings. The Morgan fingerprint density at radius 1 is 0.654 bits per heavy atom. The average molecular weight is 358 g/mol. The van der Waals surface area contributed by atoms with Crippen LogP contribution in [-0.2, 0) is 9.59 Å². The molecule has 0 heterocycles. The van der Waals surface area contributed by atoms with Gasteiger partial charge in [-0.2, -0.15) is 0 Å². The van der Waals surface area contributed by atoms with Crippen LogP contribution in [-0.4, -0.2) is 42.6 Å². The van der Waals surface area contributed by atoms with Crippen LogP contribution < -0.4 is 0 Å². The Balaban J connectivity index is 2.66. The predicted octanol–water partition coefficient (Wildman–Crippen LogP) is 2.37. The van der Waals surface area contributed by atoms with Crippen molar-refractivity contribution in [1.82, 2.24) is 0 Å². The summed E-state index contributed by atoms with van der Waals surface area (Å²) in [5.41, 5.74) is 0.243. The number of carbonyl (C=O) groups is 2. The predicted molar refractivity (Wildman–Crippen MR) is 91.9 cm³/mol. The second kappa shape index (κ2) is 7.31. The van der Waals surface area contributed by atoms with Gasteiger partial charge in [0.15, 0.2) is 23.0 Å². The molecule has 0 saturated carbocycles. The first-order chi connectivity index (χ1) is 12.2. The van der Waals surface area contributed by atoms with Gasteiger partial charge in [0, 0.05) is 23.3 Å². The van der Waals surface area contributed by atoms with Crippen LogP contribution >= 0.6 is 0 Å². The molecule has 0 amide bonds. The maximum atomic E-state index is 10.6. The molecule has 0 aromatic heterocycles. The first-order valence-electron chi connectivity index (χ1n) is 7.13. The Bertz CT molecular complexity index is 863. The molecule has 134 valence electrons. The standard InChI is InChI=1S/C18H14O8/c19-13-7-9(1-3-15(21)22)5-11(17(13)25)12-6-10(2-4-16(23)24)8-14(20)18(12)26/h1-8,19-20,25-26H,(H,21,22)(H,23,24)/b3-1+,4-2+. The minimum Gasteiger partial charge on any atom is -0.504 e. The van der Waals surface area contributed by atoms with E-state index in [2.05, 4.69) is 0 Å². The molecule has 8 nitrogen and oxygen atoms in total. The fraction of sp³-hybridized carbons (Fsp3) is 0. The number of phenolic OH excluding ortho intramolecular Hbond substituents is 4. The molecule has 0 saturated heterocycles. The van der Waals surface area contributed by atoms with Crippen LogP contribution in [0.1, 0.15) is 11.1 Å². The van der Waals surface area contributed by atoms with Gasteiger partial charge in [-0.05, 0) is 47.5 Å². The first-order valence-corrected chi connectivity index (χ1v) is 7.13. The Morgan fingerprint density at radius 3 is 1.31 bits per heavy atom. The van der Waals surface area contributed by atoms with Gasteiger partial charge in [-0.1, -0.05) is 0 Å². The molecule has 0 radical (unpaired) electrons. The van der Waals surface area contributed by atoms with E-state index in [0.717, 1.165) is 36.4 Å². The summed E-state index contributed by atoms with van der Waals surface area (Å²) < 4.78 is 0. The zero-order chi connectivity index (χ0) is 19.4. The van der Waals surface area contributed by atoms with E-state index in [-0.39, 0.29) is 22.3 Å². The highest BCUT2D eigenvalue weighted by atomic mass is 16.4. The Morgan fingerprint density at radius 2 is 1.00 bits per heavy atom. The van der Waals surface area contributed by atoms with Gasteiger partial charge in [0.1, 0.15) is 0 Å². The monoisotopic (exact) mass is 358 g/mol. The second-order valence-electron chi connectivity index (χ2n) is 5.22. The van der Waals surface area contributed by atoms with E-state index in [0.29, 0.717) is 0 Å². The summed E-state index contributed by atoms with van der Waals surface area (Å²) in [6.07, 6.45) is 3.96. The smallest absolute Gasteiger partial charge is 0.328 e. The van der Waals surface area contributed by atoms with Crippen LogP contribution in [0.4, 0.5) is 0 Å². The fourth-order valence-electron chi connectivity index (χ4n) is 2.22. The van der Waals surface area contributed by atoms with Crippen LogP contribution in [0.15, 0.2) is 36.4 Å². The number of carboxylic acids is 2. The zero-order valence-corrected chi connectivity index (χ0v) is 13.1. The number of benzene rings is 2. The highest BCUT2D eigenvalue weighted by Crippen LogP contribution is 2.45. The largest absolute Gasteiger partial charge is 0.504 e. The molecule has 0 atom stereocenters. The highest BCUT2D eigenvalue weighted by molar-refractivity contribution is 5.89. The summed E-state index contributed by atoms with van der Waals surface area (Å²) in [7, 11) is 0. The minimum absolute atomic E-state index is 0.0894. The van der Waals surface area contributed by atoms with E-state index < -0.39 is 34.9 Å². The number of phenols is 4. The van der Waals surface area contributed by atoms with Crippen LogP contribution in [0.25, 0.3) is 23.3 Å². The van der Waals surface area contributed by atoms with Gasteiger partial charge in [0.2, 0.25) is 0 Å². The summed E-state index contributed by atoms with van der Waals surface area (Å²) in [4.78, 5) is 21.2. The molecule has 6 N–H and O–H groups in total. The van der Waals surface area contributed by atoms with Crippen LogP contribution in [0.2, 0.25) is 0 Å². The van der Waals surface area contributed by atoms with Gasteiger partial charge in [-0.15, -0.1) is 0 Å². The van der Waals surface area contributed by atoms with Crippen molar-refractivity contribution < 1.29 is 40.2 Å². The summed E-state index contributed by atoms with van der Waals surface area (Å²) in [6, 6.07) is 4.80. The molecule has 2 rings (SSSR count). The molecule has 0 unspecified atom stereocenters. The van der Waals surface area contributed by atoms with Crippen LogP contribution in [0.3, 0.4) is 0 Å². The number of hydrogen-bond donors (Lipinski definition) is 6. The van der Waals surface area contributed by atoms with Gasteiger partial charge in [0.25, 0.3) is 0 Å². The van der Waals surface area contributed by atoms with Crippen molar-refractivity contribution >= 4 is 24.1 Å². The van der Waals surface area contributed by atoms with E-state index in [4.69, 9.17) is 10.2 Å². The quantitative estimate of drug-likeness (QED) is 0.351. The molecule has 8 heteroatoms. The number of carboxylic acid groups (broad SMARTS) is 2. The molecular weight excluding hydrogens is 344 g/mol. The summed E-state index contributed by atoms with van der Waals surface area (Å²) in [5.74, 6) is -4.80. The molecule has 2 aromatic carbocycles. The normalized spacial score (nSPS) is 11.2. The summed E-state index contributed by atoms with van der Waals surface area (Å²) >= 11 is 0. The van der Waals surface area contributed by atoms with Crippen molar-refractivity contribution in [1.29, 1.82) is 0 Å². The molecule has 0 aliphatic rings. The Hall–Kier alpha value is -3.94. The zero-order valence-electron chi connectivity index (χ0n) is 13.1.